The Morgan fingerprint density at radius 2 is 2.10 bits per heavy atom. The number of imidazole rings is 1. The number of nitrogens with one attached hydrogen (secondary N) is 2. The summed E-state index contributed by atoms with van der Waals surface area (Å²) >= 11 is 0. The Hall–Kier alpha value is -2.62. The molecule has 2 aromatic heterocycles. The molecular weight excluding hydrogens is 479 g/mol. The third-order valence-corrected chi connectivity index (χ3v) is 4.15. The van der Waals surface area contributed by atoms with Gasteiger partial charge in [0.05, 0.1) is 6.54 Å². The van der Waals surface area contributed by atoms with Gasteiger partial charge in [-0.1, -0.05) is 18.2 Å². The van der Waals surface area contributed by atoms with Gasteiger partial charge in [-0.15, -0.1) is 24.0 Å². The summed E-state index contributed by atoms with van der Waals surface area (Å²) in [6.45, 7) is 5.36. The van der Waals surface area contributed by atoms with E-state index in [9.17, 15) is 0 Å². The predicted octanol–water partition coefficient (Wildman–Crippen LogP) is 3.33. The monoisotopic (exact) mass is 506 g/mol. The Balaban J connectivity index is 0.00000300. The zero-order valence-electron chi connectivity index (χ0n) is 16.9. The van der Waals surface area contributed by atoms with Gasteiger partial charge in [0.25, 0.3) is 0 Å². The molecule has 1 unspecified atom stereocenters. The molecule has 0 saturated heterocycles. The van der Waals surface area contributed by atoms with Crippen LogP contribution in [-0.2, 0) is 6.54 Å². The Morgan fingerprint density at radius 1 is 1.24 bits per heavy atom. The van der Waals surface area contributed by atoms with Gasteiger partial charge in [-0.3, -0.25) is 9.56 Å². The van der Waals surface area contributed by atoms with E-state index in [0.717, 1.165) is 23.1 Å². The van der Waals surface area contributed by atoms with Gasteiger partial charge in [-0.25, -0.2) is 9.97 Å². The standard InChI is InChI=1S/C21H26N6O.HI/c1-16-5-4-6-19(11-16)28-17(2)12-25-21(22-3)26-14-18-7-8-20(24-13-18)27-10-9-23-15-27;/h4-11,13,15,17H,12,14H2,1-3H3,(H2,22,25,26);1H. The summed E-state index contributed by atoms with van der Waals surface area (Å²) in [6, 6.07) is 12.1. The predicted molar refractivity (Wildman–Crippen MR) is 126 cm³/mol. The molecule has 3 aromatic rings. The van der Waals surface area contributed by atoms with Crippen LogP contribution >= 0.6 is 24.0 Å². The quantitative estimate of drug-likeness (QED) is 0.292. The minimum Gasteiger partial charge on any atom is -0.489 e. The lowest BCUT2D eigenvalue weighted by atomic mass is 10.2. The Bertz CT molecular complexity index is 896. The molecule has 0 spiro atoms. The number of ether oxygens (including phenoxy) is 1. The summed E-state index contributed by atoms with van der Waals surface area (Å²) in [7, 11) is 1.75. The number of rotatable bonds is 7. The van der Waals surface area contributed by atoms with Gasteiger partial charge in [0.2, 0.25) is 0 Å². The van der Waals surface area contributed by atoms with Crippen LogP contribution in [0.1, 0.15) is 18.1 Å². The lowest BCUT2D eigenvalue weighted by Crippen LogP contribution is -2.41. The zero-order valence-corrected chi connectivity index (χ0v) is 19.2. The van der Waals surface area contributed by atoms with E-state index in [1.54, 1.807) is 19.6 Å². The molecule has 0 aliphatic rings. The summed E-state index contributed by atoms with van der Waals surface area (Å²) < 4.78 is 7.81. The Kier molecular flexibility index (Phi) is 8.91. The number of pyridine rings is 1. The van der Waals surface area contributed by atoms with Gasteiger partial charge in [0.15, 0.2) is 5.96 Å². The summed E-state index contributed by atoms with van der Waals surface area (Å²) in [5, 5.41) is 6.58. The van der Waals surface area contributed by atoms with Crippen molar-refractivity contribution in [3.05, 3.63) is 72.4 Å². The number of guanidine groups is 1. The number of aliphatic imine (C=N–C) groups is 1. The van der Waals surface area contributed by atoms with E-state index in [0.29, 0.717) is 13.1 Å². The van der Waals surface area contributed by atoms with Crippen LogP contribution in [0.3, 0.4) is 0 Å². The molecule has 0 bridgehead atoms. The fourth-order valence-corrected chi connectivity index (χ4v) is 2.68. The van der Waals surface area contributed by atoms with Crippen molar-refractivity contribution < 1.29 is 4.74 Å². The second-order valence-electron chi connectivity index (χ2n) is 6.55. The molecule has 0 aliphatic heterocycles. The molecule has 1 atom stereocenters. The third kappa shape index (κ3) is 7.04. The maximum absolute atomic E-state index is 5.94. The van der Waals surface area contributed by atoms with Crippen LogP contribution in [-0.4, -0.2) is 40.2 Å². The number of nitrogens with zero attached hydrogens (tertiary/aromatic N) is 4. The molecule has 3 rings (SSSR count). The van der Waals surface area contributed by atoms with Crippen LogP contribution in [0.4, 0.5) is 0 Å². The van der Waals surface area contributed by atoms with Gasteiger partial charge < -0.3 is 15.4 Å². The smallest absolute Gasteiger partial charge is 0.191 e. The van der Waals surface area contributed by atoms with Crippen molar-refractivity contribution in [2.45, 2.75) is 26.5 Å². The van der Waals surface area contributed by atoms with E-state index in [4.69, 9.17) is 4.74 Å². The first-order valence-electron chi connectivity index (χ1n) is 9.25. The first kappa shape index (κ1) is 22.7. The average Bonchev–Trinajstić information content (AvgIpc) is 3.23. The highest BCUT2D eigenvalue weighted by atomic mass is 127. The molecule has 1 aromatic carbocycles. The summed E-state index contributed by atoms with van der Waals surface area (Å²) in [5.41, 5.74) is 2.25. The van der Waals surface area contributed by atoms with Crippen molar-refractivity contribution in [1.82, 2.24) is 25.2 Å². The minimum atomic E-state index is 0. The highest BCUT2D eigenvalue weighted by molar-refractivity contribution is 14.0. The molecule has 8 heteroatoms. The van der Waals surface area contributed by atoms with Crippen LogP contribution in [0.15, 0.2) is 66.3 Å². The number of hydrogen-bond acceptors (Lipinski definition) is 4. The van der Waals surface area contributed by atoms with Crippen LogP contribution < -0.4 is 15.4 Å². The molecule has 29 heavy (non-hydrogen) atoms. The van der Waals surface area contributed by atoms with E-state index in [2.05, 4.69) is 38.6 Å². The number of aromatic nitrogens is 3. The average molecular weight is 506 g/mol. The lowest BCUT2D eigenvalue weighted by Gasteiger charge is -2.18. The number of aryl methyl sites for hydroxylation is 1. The Labute approximate surface area is 188 Å². The first-order valence-corrected chi connectivity index (χ1v) is 9.25. The normalized spacial score (nSPS) is 12.0. The lowest BCUT2D eigenvalue weighted by molar-refractivity contribution is 0.223. The fourth-order valence-electron chi connectivity index (χ4n) is 2.68. The molecular formula is C21H27IN6O. The molecule has 0 saturated carbocycles. The van der Waals surface area contributed by atoms with Gasteiger partial charge in [0.1, 0.15) is 24.0 Å². The molecule has 0 radical (unpaired) electrons. The zero-order chi connectivity index (χ0) is 19.8. The van der Waals surface area contributed by atoms with E-state index < -0.39 is 0 Å². The van der Waals surface area contributed by atoms with Gasteiger partial charge >= 0.3 is 0 Å². The van der Waals surface area contributed by atoms with Gasteiger partial charge in [0, 0.05) is 32.2 Å². The summed E-state index contributed by atoms with van der Waals surface area (Å²) in [4.78, 5) is 12.7. The van der Waals surface area contributed by atoms with Crippen LogP contribution in [0, 0.1) is 6.92 Å². The fraction of sp³-hybridized carbons (Fsp3) is 0.286. The second kappa shape index (κ2) is 11.4. The maximum atomic E-state index is 5.94. The van der Waals surface area contributed by atoms with Gasteiger partial charge in [-0.05, 0) is 43.2 Å². The van der Waals surface area contributed by atoms with Gasteiger partial charge in [-0.2, -0.15) is 0 Å². The first-order chi connectivity index (χ1) is 13.6. The van der Waals surface area contributed by atoms with Crippen LogP contribution in [0.2, 0.25) is 0 Å². The molecule has 0 fully saturated rings. The number of hydrogen-bond donors (Lipinski definition) is 2. The SMILES string of the molecule is CN=C(NCc1ccc(-n2ccnc2)nc1)NCC(C)Oc1cccc(C)c1.I. The summed E-state index contributed by atoms with van der Waals surface area (Å²) in [6.07, 6.45) is 7.18. The molecule has 154 valence electrons. The highest BCUT2D eigenvalue weighted by Crippen LogP contribution is 2.13. The van der Waals surface area contributed by atoms with E-state index in [1.807, 2.05) is 54.2 Å². The van der Waals surface area contributed by atoms with Crippen LogP contribution in [0.5, 0.6) is 5.75 Å². The largest absolute Gasteiger partial charge is 0.489 e. The summed E-state index contributed by atoms with van der Waals surface area (Å²) in [5.74, 6) is 2.44. The van der Waals surface area contributed by atoms with Crippen molar-refractivity contribution in [2.75, 3.05) is 13.6 Å². The third-order valence-electron chi connectivity index (χ3n) is 4.15. The molecule has 0 amide bonds. The second-order valence-corrected chi connectivity index (χ2v) is 6.55. The van der Waals surface area contributed by atoms with Crippen molar-refractivity contribution in [3.8, 4) is 11.6 Å². The van der Waals surface area contributed by atoms with Crippen molar-refractivity contribution >= 4 is 29.9 Å². The van der Waals surface area contributed by atoms with Crippen LogP contribution in [0.25, 0.3) is 5.82 Å². The molecule has 2 heterocycles. The Morgan fingerprint density at radius 3 is 2.76 bits per heavy atom. The highest BCUT2D eigenvalue weighted by Gasteiger charge is 2.06. The molecule has 0 aliphatic carbocycles. The number of halogens is 1. The molecule has 2 N–H and O–H groups in total. The maximum Gasteiger partial charge on any atom is 0.191 e. The van der Waals surface area contributed by atoms with Crippen molar-refractivity contribution in [1.29, 1.82) is 0 Å². The topological polar surface area (TPSA) is 76.4 Å². The minimum absolute atomic E-state index is 0. The molecule has 7 nitrogen and oxygen atoms in total. The van der Waals surface area contributed by atoms with E-state index in [1.165, 1.54) is 5.56 Å². The number of benzene rings is 1. The van der Waals surface area contributed by atoms with Crippen molar-refractivity contribution in [3.63, 3.8) is 0 Å². The van der Waals surface area contributed by atoms with Crippen molar-refractivity contribution in [2.24, 2.45) is 4.99 Å². The van der Waals surface area contributed by atoms with E-state index >= 15 is 0 Å². The van der Waals surface area contributed by atoms with E-state index in [-0.39, 0.29) is 30.1 Å².